The second-order valence-corrected chi connectivity index (χ2v) is 7.68. The molecule has 4 N–H and O–H groups in total. The highest BCUT2D eigenvalue weighted by atomic mass is 127. The third-order valence-corrected chi connectivity index (χ3v) is 5.24. The molecular weight excluding hydrogens is 479 g/mol. The third-order valence-electron chi connectivity index (χ3n) is 5.24. The topological polar surface area (TPSA) is 90.3 Å². The number of aromatic nitrogens is 3. The van der Waals surface area contributed by atoms with Gasteiger partial charge in [-0.05, 0) is 44.9 Å². The van der Waals surface area contributed by atoms with Gasteiger partial charge in [0.25, 0.3) is 0 Å². The Balaban J connectivity index is 0.00000300. The summed E-state index contributed by atoms with van der Waals surface area (Å²) in [7, 11) is 3.56. The van der Waals surface area contributed by atoms with Crippen molar-refractivity contribution in [1.82, 2.24) is 25.4 Å². The Morgan fingerprint density at radius 3 is 2.62 bits per heavy atom. The molecule has 7 nitrogen and oxygen atoms in total. The Hall–Kier alpha value is -2.07. The fourth-order valence-electron chi connectivity index (χ4n) is 3.38. The number of aryl methyl sites for hydroxylation is 4. The van der Waals surface area contributed by atoms with Crippen LogP contribution < -0.4 is 10.6 Å². The minimum atomic E-state index is -1.05. The highest BCUT2D eigenvalue weighted by molar-refractivity contribution is 14.0. The first kappa shape index (κ1) is 23.2. The van der Waals surface area contributed by atoms with Crippen LogP contribution in [0.25, 0.3) is 10.9 Å². The summed E-state index contributed by atoms with van der Waals surface area (Å²) in [5.41, 5.74) is 5.77. The van der Waals surface area contributed by atoms with Gasteiger partial charge in [-0.25, -0.2) is 0 Å². The van der Waals surface area contributed by atoms with E-state index < -0.39 is 5.60 Å². The molecule has 0 aliphatic carbocycles. The van der Waals surface area contributed by atoms with Crippen LogP contribution in [-0.4, -0.2) is 39.4 Å². The number of nitrogens with zero attached hydrogens (tertiary/aromatic N) is 3. The van der Waals surface area contributed by atoms with E-state index in [0.717, 1.165) is 11.1 Å². The average molecular weight is 510 g/mol. The van der Waals surface area contributed by atoms with Crippen LogP contribution in [0.4, 0.5) is 0 Å². The summed E-state index contributed by atoms with van der Waals surface area (Å²) >= 11 is 0. The molecule has 0 bridgehead atoms. The Labute approximate surface area is 189 Å². The maximum Gasteiger partial charge on any atom is 0.191 e. The summed E-state index contributed by atoms with van der Waals surface area (Å²) in [6, 6.07) is 4.40. The fraction of sp³-hybridized carbons (Fsp3) is 0.429. The predicted octanol–water partition coefficient (Wildman–Crippen LogP) is 3.02. The molecule has 2 aromatic heterocycles. The number of fused-ring (bicyclic) bond motifs is 1. The van der Waals surface area contributed by atoms with Gasteiger partial charge in [-0.1, -0.05) is 11.6 Å². The number of nitrogens with one attached hydrogen (secondary N) is 3. The first-order chi connectivity index (χ1) is 13.2. The average Bonchev–Trinajstić information content (AvgIpc) is 3.20. The van der Waals surface area contributed by atoms with Gasteiger partial charge in [0.2, 0.25) is 0 Å². The van der Waals surface area contributed by atoms with E-state index in [-0.39, 0.29) is 24.0 Å². The molecule has 0 saturated heterocycles. The lowest BCUT2D eigenvalue weighted by Crippen LogP contribution is -2.44. The zero-order chi connectivity index (χ0) is 20.5. The third kappa shape index (κ3) is 5.11. The van der Waals surface area contributed by atoms with Crippen molar-refractivity contribution in [3.05, 3.63) is 52.5 Å². The standard InChI is InChI=1S/C21H30N6O.HI/c1-13-7-16(19-18(8-13)14(2)15(3)26-19)9-23-20(22-5)24-12-21(4,28)17-10-25-27(6)11-17;/h7-8,10-11,26,28H,9,12H2,1-6H3,(H2,22,23,24);1H. The van der Waals surface area contributed by atoms with Crippen LogP contribution in [0.2, 0.25) is 0 Å². The number of halogens is 1. The van der Waals surface area contributed by atoms with Crippen molar-refractivity contribution >= 4 is 40.8 Å². The summed E-state index contributed by atoms with van der Waals surface area (Å²) < 4.78 is 1.68. The van der Waals surface area contributed by atoms with Crippen molar-refractivity contribution in [2.45, 2.75) is 39.8 Å². The summed E-state index contributed by atoms with van der Waals surface area (Å²) in [5.74, 6) is 0.638. The van der Waals surface area contributed by atoms with Crippen LogP contribution in [0.1, 0.15) is 34.9 Å². The van der Waals surface area contributed by atoms with Gasteiger partial charge in [-0.15, -0.1) is 24.0 Å². The van der Waals surface area contributed by atoms with Gasteiger partial charge in [0.1, 0.15) is 5.60 Å². The molecule has 1 aromatic carbocycles. The molecule has 2 heterocycles. The molecule has 0 saturated carbocycles. The van der Waals surface area contributed by atoms with Crippen LogP contribution in [0.3, 0.4) is 0 Å². The highest BCUT2D eigenvalue weighted by Crippen LogP contribution is 2.26. The molecule has 158 valence electrons. The normalized spacial score (nSPS) is 13.8. The van der Waals surface area contributed by atoms with Crippen LogP contribution in [0.5, 0.6) is 0 Å². The Morgan fingerprint density at radius 2 is 2.00 bits per heavy atom. The lowest BCUT2D eigenvalue weighted by Gasteiger charge is -2.23. The van der Waals surface area contributed by atoms with Crippen LogP contribution in [0.15, 0.2) is 29.5 Å². The molecule has 0 fully saturated rings. The van der Waals surface area contributed by atoms with Crippen molar-refractivity contribution in [3.8, 4) is 0 Å². The summed E-state index contributed by atoms with van der Waals surface area (Å²) in [5, 5.41) is 22.7. The van der Waals surface area contributed by atoms with E-state index in [2.05, 4.69) is 58.6 Å². The fourth-order valence-corrected chi connectivity index (χ4v) is 3.38. The molecule has 0 aliphatic rings. The zero-order valence-corrected chi connectivity index (χ0v) is 20.3. The monoisotopic (exact) mass is 510 g/mol. The van der Waals surface area contributed by atoms with E-state index in [4.69, 9.17) is 0 Å². The molecule has 8 heteroatoms. The zero-order valence-electron chi connectivity index (χ0n) is 17.9. The lowest BCUT2D eigenvalue weighted by atomic mass is 10.00. The molecule has 3 aromatic rings. The molecular formula is C21H31IN6O. The van der Waals surface area contributed by atoms with E-state index >= 15 is 0 Å². The number of hydrogen-bond donors (Lipinski definition) is 4. The maximum absolute atomic E-state index is 10.7. The van der Waals surface area contributed by atoms with Crippen molar-refractivity contribution in [1.29, 1.82) is 0 Å². The SMILES string of the molecule is CN=C(NCc1cc(C)cc2c(C)c(C)[nH]c12)NCC(C)(O)c1cnn(C)c1.I. The molecule has 0 amide bonds. The largest absolute Gasteiger partial charge is 0.383 e. The summed E-state index contributed by atoms with van der Waals surface area (Å²) in [4.78, 5) is 7.78. The Kier molecular flexibility index (Phi) is 7.34. The van der Waals surface area contributed by atoms with Crippen molar-refractivity contribution in [2.75, 3.05) is 13.6 Å². The first-order valence-corrected chi connectivity index (χ1v) is 9.45. The number of H-pyrrole nitrogens is 1. The maximum atomic E-state index is 10.7. The number of hydrogen-bond acceptors (Lipinski definition) is 3. The van der Waals surface area contributed by atoms with Crippen LogP contribution in [-0.2, 0) is 19.2 Å². The number of rotatable bonds is 5. The van der Waals surface area contributed by atoms with Crippen LogP contribution >= 0.6 is 24.0 Å². The van der Waals surface area contributed by atoms with Gasteiger partial charge >= 0.3 is 0 Å². The van der Waals surface area contributed by atoms with Gasteiger partial charge in [0.15, 0.2) is 5.96 Å². The molecule has 1 unspecified atom stereocenters. The van der Waals surface area contributed by atoms with Crippen molar-refractivity contribution in [2.24, 2.45) is 12.0 Å². The minimum Gasteiger partial charge on any atom is -0.383 e. The smallest absolute Gasteiger partial charge is 0.191 e. The minimum absolute atomic E-state index is 0. The van der Waals surface area contributed by atoms with E-state index in [0.29, 0.717) is 19.0 Å². The quantitative estimate of drug-likeness (QED) is 0.241. The molecule has 0 aliphatic heterocycles. The Bertz CT molecular complexity index is 1020. The molecule has 29 heavy (non-hydrogen) atoms. The van der Waals surface area contributed by atoms with E-state index in [9.17, 15) is 5.11 Å². The van der Waals surface area contributed by atoms with Gasteiger partial charge < -0.3 is 20.7 Å². The second-order valence-electron chi connectivity index (χ2n) is 7.68. The second kappa shape index (κ2) is 9.17. The van der Waals surface area contributed by atoms with E-state index in [1.165, 1.54) is 27.8 Å². The summed E-state index contributed by atoms with van der Waals surface area (Å²) in [6.07, 6.45) is 3.49. The molecule has 1 atom stereocenters. The molecule has 0 spiro atoms. The predicted molar refractivity (Wildman–Crippen MR) is 129 cm³/mol. The van der Waals surface area contributed by atoms with E-state index in [1.54, 1.807) is 24.9 Å². The lowest BCUT2D eigenvalue weighted by molar-refractivity contribution is 0.0616. The van der Waals surface area contributed by atoms with E-state index in [1.807, 2.05) is 13.2 Å². The number of aliphatic hydroxyl groups is 1. The van der Waals surface area contributed by atoms with Crippen molar-refractivity contribution < 1.29 is 5.11 Å². The highest BCUT2D eigenvalue weighted by Gasteiger charge is 2.25. The van der Waals surface area contributed by atoms with Gasteiger partial charge in [-0.2, -0.15) is 5.10 Å². The number of benzene rings is 1. The van der Waals surface area contributed by atoms with Crippen LogP contribution in [0, 0.1) is 20.8 Å². The number of aliphatic imine (C=N–C) groups is 1. The number of aromatic amines is 1. The molecule has 0 radical (unpaired) electrons. The van der Waals surface area contributed by atoms with Gasteiger partial charge in [0.05, 0.1) is 18.3 Å². The Morgan fingerprint density at radius 1 is 1.28 bits per heavy atom. The first-order valence-electron chi connectivity index (χ1n) is 9.45. The van der Waals surface area contributed by atoms with Gasteiger partial charge in [0, 0.05) is 43.5 Å². The van der Waals surface area contributed by atoms with Crippen molar-refractivity contribution in [3.63, 3.8) is 0 Å². The number of guanidine groups is 1. The summed E-state index contributed by atoms with van der Waals surface area (Å²) in [6.45, 7) is 9.07. The molecule has 3 rings (SSSR count). The van der Waals surface area contributed by atoms with Gasteiger partial charge in [-0.3, -0.25) is 9.67 Å².